The van der Waals surface area contributed by atoms with Crippen molar-refractivity contribution in [2.24, 2.45) is 0 Å². The minimum atomic E-state index is -3.77. The third-order valence-electron chi connectivity index (χ3n) is 3.89. The zero-order chi connectivity index (χ0) is 20.7. The Hall–Kier alpha value is -2.57. The number of ether oxygens (including phenoxy) is 1. The summed E-state index contributed by atoms with van der Waals surface area (Å²) >= 11 is 0. The second-order valence-electron chi connectivity index (χ2n) is 6.07. The number of hydrogen-bond acceptors (Lipinski definition) is 8. The molecule has 2 rings (SSSR count). The average Bonchev–Trinajstić information content (AvgIpc) is 2.68. The fraction of sp³-hybridized carbons (Fsp3) is 0.368. The topological polar surface area (TPSA) is 103 Å². The predicted molar refractivity (Wildman–Crippen MR) is 108 cm³/mol. The molecule has 0 saturated heterocycles. The lowest BCUT2D eigenvalue weighted by molar-refractivity contribution is 0.320. The second-order valence-corrected chi connectivity index (χ2v) is 8.01. The van der Waals surface area contributed by atoms with Gasteiger partial charge in [-0.3, -0.25) is 4.98 Å². The van der Waals surface area contributed by atoms with Gasteiger partial charge in [-0.25, -0.2) is 15.0 Å². The Labute approximate surface area is 165 Å². The van der Waals surface area contributed by atoms with Crippen LogP contribution < -0.4 is 14.7 Å². The van der Waals surface area contributed by atoms with Crippen molar-refractivity contribution in [1.29, 1.82) is 0 Å². The molecule has 0 aliphatic carbocycles. The molecule has 28 heavy (non-hydrogen) atoms. The summed E-state index contributed by atoms with van der Waals surface area (Å²) in [6, 6.07) is 3.03. The van der Waals surface area contributed by atoms with Gasteiger partial charge in [0.15, 0.2) is 17.3 Å². The lowest BCUT2D eigenvalue weighted by atomic mass is 10.2. The van der Waals surface area contributed by atoms with E-state index < -0.39 is 7.60 Å². The predicted octanol–water partition coefficient (Wildman–Crippen LogP) is 5.13. The molecule has 0 spiro atoms. The molecule has 0 amide bonds. The highest BCUT2D eigenvalue weighted by molar-refractivity contribution is 7.58. The summed E-state index contributed by atoms with van der Waals surface area (Å²) < 4.78 is 30.1. The van der Waals surface area contributed by atoms with E-state index in [4.69, 9.17) is 13.9 Å². The van der Waals surface area contributed by atoms with Crippen LogP contribution in [0.1, 0.15) is 37.9 Å². The molecule has 1 atom stereocenters. The van der Waals surface area contributed by atoms with Gasteiger partial charge in [0.1, 0.15) is 5.75 Å². The average molecular weight is 407 g/mol. The molecule has 8 nitrogen and oxygen atoms in total. The smallest absolute Gasteiger partial charge is 0.427 e. The molecule has 0 bridgehead atoms. The van der Waals surface area contributed by atoms with Crippen molar-refractivity contribution in [3.8, 4) is 17.2 Å². The summed E-state index contributed by atoms with van der Waals surface area (Å²) in [5.74, 6) is 0.776. The first-order chi connectivity index (χ1) is 13.3. The Bertz CT molecular complexity index is 884. The van der Waals surface area contributed by atoms with Gasteiger partial charge < -0.3 is 14.4 Å². The Morgan fingerprint density at radius 2 is 2.00 bits per heavy atom. The molecule has 1 aromatic carbocycles. The lowest BCUT2D eigenvalue weighted by Gasteiger charge is -2.22. The monoisotopic (exact) mass is 407 g/mol. The summed E-state index contributed by atoms with van der Waals surface area (Å²) in [6.07, 6.45) is 5.99. The van der Waals surface area contributed by atoms with E-state index in [1.165, 1.54) is 19.4 Å². The van der Waals surface area contributed by atoms with Crippen LogP contribution in [0.3, 0.4) is 0 Å². The maximum absolute atomic E-state index is 13.6. The van der Waals surface area contributed by atoms with Crippen LogP contribution in [0.15, 0.2) is 35.9 Å². The highest BCUT2D eigenvalue weighted by atomic mass is 31.2. The van der Waals surface area contributed by atoms with Crippen molar-refractivity contribution < 1.29 is 23.6 Å². The van der Waals surface area contributed by atoms with E-state index in [-0.39, 0.29) is 17.2 Å². The number of aromatic nitrogens is 2. The van der Waals surface area contributed by atoms with Gasteiger partial charge in [-0.1, -0.05) is 19.9 Å². The summed E-state index contributed by atoms with van der Waals surface area (Å²) in [5.41, 5.74) is 3.85. The van der Waals surface area contributed by atoms with Gasteiger partial charge in [0.2, 0.25) is 0 Å². The Morgan fingerprint density at radius 1 is 1.25 bits per heavy atom. The molecule has 152 valence electrons. The van der Waals surface area contributed by atoms with Crippen LogP contribution in [0.4, 0.5) is 5.82 Å². The fourth-order valence-electron chi connectivity index (χ4n) is 2.44. The SMILES string of the molecule is CC/C=C(\CC)P(=O)(ONc1cnc(C)cn1)Oc1cc(C)c(O)c(OC)c1. The van der Waals surface area contributed by atoms with E-state index in [0.29, 0.717) is 29.5 Å². The van der Waals surface area contributed by atoms with E-state index in [0.717, 1.165) is 5.69 Å². The van der Waals surface area contributed by atoms with Crippen molar-refractivity contribution in [2.75, 3.05) is 12.6 Å². The van der Waals surface area contributed by atoms with Crippen molar-refractivity contribution in [1.82, 2.24) is 9.97 Å². The maximum atomic E-state index is 13.6. The number of benzene rings is 1. The first-order valence-corrected chi connectivity index (χ1v) is 10.5. The van der Waals surface area contributed by atoms with Crippen molar-refractivity contribution >= 4 is 13.4 Å². The third kappa shape index (κ3) is 5.24. The Balaban J connectivity index is 2.36. The summed E-state index contributed by atoms with van der Waals surface area (Å²) in [7, 11) is -2.33. The third-order valence-corrected chi connectivity index (χ3v) is 5.87. The molecule has 1 heterocycles. The van der Waals surface area contributed by atoms with Crippen LogP contribution in [0, 0.1) is 13.8 Å². The number of phenolic OH excluding ortho intramolecular Hbond substituents is 1. The molecule has 2 N–H and O–H groups in total. The summed E-state index contributed by atoms with van der Waals surface area (Å²) in [4.78, 5) is 8.24. The normalized spacial score (nSPS) is 13.7. The number of hydrogen-bond donors (Lipinski definition) is 2. The first kappa shape index (κ1) is 21.7. The van der Waals surface area contributed by atoms with Gasteiger partial charge in [0.05, 0.1) is 30.5 Å². The Kier molecular flexibility index (Phi) is 7.43. The number of anilines is 1. The van der Waals surface area contributed by atoms with Crippen LogP contribution >= 0.6 is 7.60 Å². The summed E-state index contributed by atoms with van der Waals surface area (Å²) in [5, 5.41) is 10.5. The minimum absolute atomic E-state index is 0.00142. The number of aromatic hydroxyl groups is 1. The lowest BCUT2D eigenvalue weighted by Crippen LogP contribution is -2.08. The van der Waals surface area contributed by atoms with E-state index in [1.807, 2.05) is 26.8 Å². The molecule has 0 aliphatic heterocycles. The first-order valence-electron chi connectivity index (χ1n) is 8.93. The molecule has 0 fully saturated rings. The molecular weight excluding hydrogens is 381 g/mol. The van der Waals surface area contributed by atoms with Gasteiger partial charge in [0.25, 0.3) is 0 Å². The molecular formula is C19H26N3O5P. The number of nitrogens with zero attached hydrogens (tertiary/aromatic N) is 2. The summed E-state index contributed by atoms with van der Waals surface area (Å²) in [6.45, 7) is 7.31. The molecule has 0 radical (unpaired) electrons. The van der Waals surface area contributed by atoms with E-state index in [2.05, 4.69) is 15.4 Å². The largest absolute Gasteiger partial charge is 0.504 e. The number of aryl methyl sites for hydroxylation is 2. The zero-order valence-electron chi connectivity index (χ0n) is 16.7. The fourth-order valence-corrected chi connectivity index (χ4v) is 4.10. The van der Waals surface area contributed by atoms with Crippen LogP contribution in [0.25, 0.3) is 0 Å². The molecule has 0 saturated carbocycles. The molecule has 9 heteroatoms. The number of methoxy groups -OCH3 is 1. The van der Waals surface area contributed by atoms with Gasteiger partial charge >= 0.3 is 7.60 Å². The zero-order valence-corrected chi connectivity index (χ0v) is 17.6. The molecule has 2 aromatic rings. The van der Waals surface area contributed by atoms with Crippen LogP contribution in [0.2, 0.25) is 0 Å². The molecule has 1 unspecified atom stereocenters. The number of allylic oxidation sites excluding steroid dienone is 2. The minimum Gasteiger partial charge on any atom is -0.504 e. The highest BCUT2D eigenvalue weighted by Gasteiger charge is 2.32. The highest BCUT2D eigenvalue weighted by Crippen LogP contribution is 2.57. The van der Waals surface area contributed by atoms with Crippen molar-refractivity contribution in [3.63, 3.8) is 0 Å². The standard InChI is InChI=1S/C19H26N3O5P/c1-6-8-16(7-2)28(24,27-22-18-12-20-14(4)11-21-18)26-15-9-13(3)19(23)17(10-15)25-5/h8-12,23H,6-7H2,1-5H3,(H,21,22)/b16-8+. The van der Waals surface area contributed by atoms with Crippen LogP contribution in [0.5, 0.6) is 17.2 Å². The van der Waals surface area contributed by atoms with E-state index in [9.17, 15) is 9.67 Å². The Morgan fingerprint density at radius 3 is 2.57 bits per heavy atom. The van der Waals surface area contributed by atoms with Gasteiger partial charge in [0, 0.05) is 6.07 Å². The maximum Gasteiger partial charge on any atom is 0.427 e. The van der Waals surface area contributed by atoms with Crippen molar-refractivity contribution in [3.05, 3.63) is 47.2 Å². The second kappa shape index (κ2) is 9.57. The van der Waals surface area contributed by atoms with Gasteiger partial charge in [-0.15, -0.1) is 0 Å². The van der Waals surface area contributed by atoms with E-state index in [1.54, 1.807) is 19.2 Å². The number of nitrogens with one attached hydrogen (secondary N) is 1. The van der Waals surface area contributed by atoms with E-state index >= 15 is 0 Å². The number of rotatable bonds is 9. The van der Waals surface area contributed by atoms with Gasteiger partial charge in [-0.05, 0) is 38.3 Å². The van der Waals surface area contributed by atoms with Crippen LogP contribution in [-0.2, 0) is 9.19 Å². The number of phenols is 1. The molecule has 0 aliphatic rings. The van der Waals surface area contributed by atoms with Gasteiger partial charge in [-0.2, -0.15) is 4.62 Å². The van der Waals surface area contributed by atoms with Crippen LogP contribution in [-0.4, -0.2) is 22.2 Å². The molecule has 1 aromatic heterocycles. The quantitative estimate of drug-likeness (QED) is 0.436. The van der Waals surface area contributed by atoms with Crippen molar-refractivity contribution in [2.45, 2.75) is 40.5 Å².